The predicted molar refractivity (Wildman–Crippen MR) is 56.6 cm³/mol. The Morgan fingerprint density at radius 1 is 1.40 bits per heavy atom. The highest BCUT2D eigenvalue weighted by Crippen LogP contribution is 2.32. The lowest BCUT2D eigenvalue weighted by Crippen LogP contribution is -2.35. The maximum Gasteiger partial charge on any atom is 0.205 e. The predicted octanol–water partition coefficient (Wildman–Crippen LogP) is 2.38. The molecule has 82 valence electrons. The third-order valence-corrected chi connectivity index (χ3v) is 2.50. The molecule has 1 unspecified atom stereocenters. The fourth-order valence-electron chi connectivity index (χ4n) is 1.62. The molecule has 2 rings (SSSR count). The molecule has 3 nitrogen and oxygen atoms in total. The van der Waals surface area contributed by atoms with E-state index in [1.54, 1.807) is 6.92 Å². The zero-order chi connectivity index (χ0) is 11.1. The van der Waals surface area contributed by atoms with Gasteiger partial charge in [0.15, 0.2) is 0 Å². The topological polar surface area (TPSA) is 38.7 Å². The lowest BCUT2D eigenvalue weighted by molar-refractivity contribution is -0.180. The van der Waals surface area contributed by atoms with Crippen molar-refractivity contribution in [3.05, 3.63) is 29.3 Å². The first kappa shape index (κ1) is 10.5. The monoisotopic (exact) mass is 208 g/mol. The van der Waals surface area contributed by atoms with Crippen molar-refractivity contribution in [2.24, 2.45) is 0 Å². The molecule has 0 spiro atoms. The molecule has 0 fully saturated rings. The summed E-state index contributed by atoms with van der Waals surface area (Å²) >= 11 is 0. The molecule has 1 N–H and O–H groups in total. The van der Waals surface area contributed by atoms with Crippen molar-refractivity contribution in [2.45, 2.75) is 39.3 Å². The minimum Gasteiger partial charge on any atom is -0.463 e. The molecule has 0 amide bonds. The normalized spacial score (nSPS) is 20.3. The average Bonchev–Trinajstić information content (AvgIpc) is 2.15. The van der Waals surface area contributed by atoms with Gasteiger partial charge in [0.2, 0.25) is 5.79 Å². The molecule has 0 aliphatic carbocycles. The second-order valence-corrected chi connectivity index (χ2v) is 4.33. The van der Waals surface area contributed by atoms with Crippen molar-refractivity contribution in [3.63, 3.8) is 0 Å². The van der Waals surface area contributed by atoms with Gasteiger partial charge in [-0.3, -0.25) is 0 Å². The minimum absolute atomic E-state index is 0.453. The number of fused-ring (bicyclic) bond motifs is 1. The van der Waals surface area contributed by atoms with Gasteiger partial charge in [-0.25, -0.2) is 0 Å². The van der Waals surface area contributed by atoms with Crippen LogP contribution in [0.1, 0.15) is 38.0 Å². The van der Waals surface area contributed by atoms with Gasteiger partial charge in [0, 0.05) is 19.4 Å². The Labute approximate surface area is 89.6 Å². The summed E-state index contributed by atoms with van der Waals surface area (Å²) in [6, 6.07) is 5.70. The molecule has 0 aromatic heterocycles. The van der Waals surface area contributed by atoms with Gasteiger partial charge < -0.3 is 14.6 Å². The number of aliphatic hydroxyl groups is 1. The lowest BCUT2D eigenvalue weighted by Gasteiger charge is -2.32. The van der Waals surface area contributed by atoms with Gasteiger partial charge in [-0.1, -0.05) is 6.07 Å². The van der Waals surface area contributed by atoms with Crippen LogP contribution in [0.4, 0.5) is 0 Å². The van der Waals surface area contributed by atoms with Crippen LogP contribution in [0.25, 0.3) is 0 Å². The van der Waals surface area contributed by atoms with Crippen molar-refractivity contribution in [1.29, 1.82) is 0 Å². The first-order valence-corrected chi connectivity index (χ1v) is 5.12. The van der Waals surface area contributed by atoms with Crippen molar-refractivity contribution in [3.8, 4) is 5.75 Å². The number of hydrogen-bond donors (Lipinski definition) is 1. The average molecular weight is 208 g/mol. The Hall–Kier alpha value is -1.06. The second-order valence-electron chi connectivity index (χ2n) is 4.33. The van der Waals surface area contributed by atoms with Crippen LogP contribution in [-0.2, 0) is 11.3 Å². The van der Waals surface area contributed by atoms with Crippen molar-refractivity contribution < 1.29 is 14.6 Å². The third-order valence-electron chi connectivity index (χ3n) is 2.50. The van der Waals surface area contributed by atoms with Gasteiger partial charge in [0.25, 0.3) is 0 Å². The van der Waals surface area contributed by atoms with Gasteiger partial charge in [0.05, 0.1) is 12.7 Å². The van der Waals surface area contributed by atoms with E-state index in [9.17, 15) is 5.11 Å². The van der Waals surface area contributed by atoms with Crippen LogP contribution in [0.15, 0.2) is 18.2 Å². The first-order chi connectivity index (χ1) is 6.98. The van der Waals surface area contributed by atoms with E-state index in [2.05, 4.69) is 0 Å². The Balaban J connectivity index is 2.32. The highest BCUT2D eigenvalue weighted by atomic mass is 16.7. The van der Waals surface area contributed by atoms with E-state index in [1.807, 2.05) is 32.0 Å². The lowest BCUT2D eigenvalue weighted by atomic mass is 10.1. The van der Waals surface area contributed by atoms with Crippen molar-refractivity contribution in [2.75, 3.05) is 0 Å². The highest BCUT2D eigenvalue weighted by molar-refractivity contribution is 5.38. The molecular formula is C12H16O3. The minimum atomic E-state index is -0.556. The number of ether oxygens (including phenoxy) is 2. The molecule has 1 aliphatic heterocycles. The molecule has 1 aromatic rings. The Kier molecular flexibility index (Phi) is 2.44. The van der Waals surface area contributed by atoms with Gasteiger partial charge in [-0.05, 0) is 24.6 Å². The summed E-state index contributed by atoms with van der Waals surface area (Å²) in [6.07, 6.45) is -0.453. The molecular weight excluding hydrogens is 192 g/mol. The van der Waals surface area contributed by atoms with E-state index in [4.69, 9.17) is 9.47 Å². The van der Waals surface area contributed by atoms with Gasteiger partial charge in [0.1, 0.15) is 5.75 Å². The van der Waals surface area contributed by atoms with Crippen molar-refractivity contribution in [1.82, 2.24) is 0 Å². The highest BCUT2D eigenvalue weighted by Gasteiger charge is 2.27. The summed E-state index contributed by atoms with van der Waals surface area (Å²) in [4.78, 5) is 0. The molecule has 1 atom stereocenters. The number of rotatable bonds is 1. The molecule has 1 aliphatic rings. The second kappa shape index (κ2) is 3.51. The van der Waals surface area contributed by atoms with Crippen LogP contribution in [0, 0.1) is 0 Å². The van der Waals surface area contributed by atoms with Crippen LogP contribution in [0.5, 0.6) is 5.75 Å². The van der Waals surface area contributed by atoms with E-state index in [-0.39, 0.29) is 0 Å². The Bertz CT molecular complexity index is 369. The zero-order valence-corrected chi connectivity index (χ0v) is 9.28. The third kappa shape index (κ3) is 2.13. The van der Waals surface area contributed by atoms with Crippen LogP contribution in [0.2, 0.25) is 0 Å². The van der Waals surface area contributed by atoms with Crippen LogP contribution in [0.3, 0.4) is 0 Å². The summed E-state index contributed by atoms with van der Waals surface area (Å²) in [6.45, 7) is 6.05. The summed E-state index contributed by atoms with van der Waals surface area (Å²) < 4.78 is 11.2. The van der Waals surface area contributed by atoms with Crippen LogP contribution in [-0.4, -0.2) is 10.9 Å². The van der Waals surface area contributed by atoms with Gasteiger partial charge >= 0.3 is 0 Å². The van der Waals surface area contributed by atoms with E-state index >= 15 is 0 Å². The van der Waals surface area contributed by atoms with Crippen LogP contribution >= 0.6 is 0 Å². The number of hydrogen-bond acceptors (Lipinski definition) is 3. The van der Waals surface area contributed by atoms with E-state index < -0.39 is 11.9 Å². The van der Waals surface area contributed by atoms with Crippen LogP contribution < -0.4 is 4.74 Å². The molecule has 1 aromatic carbocycles. The molecule has 0 radical (unpaired) electrons. The maximum atomic E-state index is 9.45. The summed E-state index contributed by atoms with van der Waals surface area (Å²) in [5, 5.41) is 9.45. The zero-order valence-electron chi connectivity index (χ0n) is 9.28. The van der Waals surface area contributed by atoms with E-state index in [0.29, 0.717) is 6.61 Å². The molecule has 15 heavy (non-hydrogen) atoms. The fraction of sp³-hybridized carbons (Fsp3) is 0.500. The largest absolute Gasteiger partial charge is 0.463 e. The van der Waals surface area contributed by atoms with E-state index in [1.165, 1.54) is 0 Å². The summed E-state index contributed by atoms with van der Waals surface area (Å²) in [5.74, 6) is 0.287. The quantitative estimate of drug-likeness (QED) is 0.770. The fourth-order valence-corrected chi connectivity index (χ4v) is 1.62. The van der Waals surface area contributed by atoms with Gasteiger partial charge in [-0.2, -0.15) is 0 Å². The molecule has 3 heteroatoms. The van der Waals surface area contributed by atoms with Crippen molar-refractivity contribution >= 4 is 0 Å². The molecule has 0 saturated carbocycles. The maximum absolute atomic E-state index is 9.45. The molecule has 1 heterocycles. The standard InChI is InChI=1S/C12H16O3/c1-8(13)9-4-5-11-10(6-9)7-14-12(2,3)15-11/h4-6,8,13H,7H2,1-3H3. The van der Waals surface area contributed by atoms with E-state index in [0.717, 1.165) is 16.9 Å². The summed E-state index contributed by atoms with van der Waals surface area (Å²) in [5.41, 5.74) is 1.88. The summed E-state index contributed by atoms with van der Waals surface area (Å²) in [7, 11) is 0. The SMILES string of the molecule is CC(O)c1ccc2c(c1)COC(C)(C)O2. The number of benzene rings is 1. The Morgan fingerprint density at radius 3 is 2.80 bits per heavy atom. The molecule has 0 bridgehead atoms. The number of aliphatic hydroxyl groups excluding tert-OH is 1. The van der Waals surface area contributed by atoms with Gasteiger partial charge in [-0.15, -0.1) is 0 Å². The smallest absolute Gasteiger partial charge is 0.205 e. The molecule has 0 saturated heterocycles. The Morgan fingerprint density at radius 2 is 2.13 bits per heavy atom. The first-order valence-electron chi connectivity index (χ1n) is 5.12.